The van der Waals surface area contributed by atoms with E-state index >= 15 is 0 Å². The van der Waals surface area contributed by atoms with Crippen LogP contribution in [-0.2, 0) is 9.47 Å². The molecule has 1 aromatic heterocycles. The molecule has 0 spiro atoms. The van der Waals surface area contributed by atoms with E-state index in [0.717, 1.165) is 0 Å². The summed E-state index contributed by atoms with van der Waals surface area (Å²) in [4.78, 5) is 18.3. The first-order valence-electron chi connectivity index (χ1n) is 5.52. The number of carbonyl (C=O) groups is 1. The number of carbonyl (C=O) groups excluding carboxylic acids is 1. The quantitative estimate of drug-likeness (QED) is 0.648. The van der Waals surface area contributed by atoms with Gasteiger partial charge in [0.1, 0.15) is 12.7 Å². The molecule has 1 saturated heterocycles. The van der Waals surface area contributed by atoms with Gasteiger partial charge in [0.2, 0.25) is 5.28 Å². The van der Waals surface area contributed by atoms with Gasteiger partial charge in [0.05, 0.1) is 13.2 Å². The molecule has 1 aromatic rings. The Morgan fingerprint density at radius 2 is 1.95 bits per heavy atom. The maximum absolute atomic E-state index is 10.9. The number of nitrogens with two attached hydrogens (primary N) is 1. The molecule has 0 saturated carbocycles. The first-order chi connectivity index (χ1) is 9.47. The van der Waals surface area contributed by atoms with Gasteiger partial charge in [0, 0.05) is 5.92 Å². The van der Waals surface area contributed by atoms with Crippen LogP contribution in [0.15, 0.2) is 0 Å². The number of amides is 1. The minimum atomic E-state index is -0.893. The SMILES string of the molecule is NC(=O)OC(COc1c(Cl)nc(Cl)nc1Cl)C1COC1. The maximum atomic E-state index is 10.9. The molecule has 1 aliphatic heterocycles. The summed E-state index contributed by atoms with van der Waals surface area (Å²) in [6.45, 7) is 0.918. The van der Waals surface area contributed by atoms with Gasteiger partial charge < -0.3 is 19.9 Å². The Labute approximate surface area is 129 Å². The highest BCUT2D eigenvalue weighted by Crippen LogP contribution is 2.31. The van der Waals surface area contributed by atoms with E-state index in [1.54, 1.807) is 0 Å². The van der Waals surface area contributed by atoms with Crippen LogP contribution in [0.25, 0.3) is 0 Å². The molecule has 7 nitrogen and oxygen atoms in total. The molecular formula is C10H10Cl3N3O4. The lowest BCUT2D eigenvalue weighted by atomic mass is 10.0. The average molecular weight is 343 g/mol. The van der Waals surface area contributed by atoms with Gasteiger partial charge >= 0.3 is 6.09 Å². The lowest BCUT2D eigenvalue weighted by molar-refractivity contribution is -0.102. The highest BCUT2D eigenvalue weighted by atomic mass is 35.5. The zero-order chi connectivity index (χ0) is 14.7. The van der Waals surface area contributed by atoms with E-state index in [1.807, 2.05) is 0 Å². The van der Waals surface area contributed by atoms with E-state index in [0.29, 0.717) is 13.2 Å². The molecule has 1 fully saturated rings. The topological polar surface area (TPSA) is 96.6 Å². The Morgan fingerprint density at radius 3 is 2.40 bits per heavy atom. The highest BCUT2D eigenvalue weighted by Gasteiger charge is 2.32. The smallest absolute Gasteiger partial charge is 0.404 e. The number of rotatable bonds is 5. The molecule has 0 aromatic carbocycles. The molecule has 2 heterocycles. The Hall–Kier alpha value is -1.02. The minimum Gasteiger partial charge on any atom is -0.483 e. The number of nitrogens with zero attached hydrogens (tertiary/aromatic N) is 2. The number of hydrogen-bond acceptors (Lipinski definition) is 6. The third kappa shape index (κ3) is 3.76. The summed E-state index contributed by atoms with van der Waals surface area (Å²) in [5.74, 6) is 0.0734. The molecule has 1 unspecified atom stereocenters. The van der Waals surface area contributed by atoms with Crippen LogP contribution in [0, 0.1) is 5.92 Å². The van der Waals surface area contributed by atoms with E-state index in [4.69, 9.17) is 54.7 Å². The molecule has 2 N–H and O–H groups in total. The van der Waals surface area contributed by atoms with Crippen LogP contribution >= 0.6 is 34.8 Å². The summed E-state index contributed by atoms with van der Waals surface area (Å²) < 4.78 is 15.4. The van der Waals surface area contributed by atoms with Crippen LogP contribution in [0.5, 0.6) is 5.75 Å². The zero-order valence-electron chi connectivity index (χ0n) is 10.0. The van der Waals surface area contributed by atoms with Gasteiger partial charge in [-0.15, -0.1) is 0 Å². The van der Waals surface area contributed by atoms with Gasteiger partial charge in [0.25, 0.3) is 0 Å². The lowest BCUT2D eigenvalue weighted by Gasteiger charge is -2.32. The fourth-order valence-corrected chi connectivity index (χ4v) is 2.29. The maximum Gasteiger partial charge on any atom is 0.404 e. The van der Waals surface area contributed by atoms with Crippen LogP contribution in [0.3, 0.4) is 0 Å². The predicted molar refractivity (Wildman–Crippen MR) is 71.3 cm³/mol. The average Bonchev–Trinajstić information content (AvgIpc) is 2.23. The Bertz CT molecular complexity index is 490. The summed E-state index contributed by atoms with van der Waals surface area (Å²) in [6, 6.07) is 0. The van der Waals surface area contributed by atoms with Crippen molar-refractivity contribution in [1.82, 2.24) is 9.97 Å². The third-order valence-electron chi connectivity index (χ3n) is 2.60. The second-order valence-corrected chi connectivity index (χ2v) is 5.04. The first-order valence-corrected chi connectivity index (χ1v) is 6.66. The van der Waals surface area contributed by atoms with E-state index < -0.39 is 12.2 Å². The molecule has 10 heteroatoms. The van der Waals surface area contributed by atoms with Crippen molar-refractivity contribution in [2.45, 2.75) is 6.10 Å². The zero-order valence-corrected chi connectivity index (χ0v) is 12.3. The summed E-state index contributed by atoms with van der Waals surface area (Å²) in [5.41, 5.74) is 5.01. The monoisotopic (exact) mass is 341 g/mol. The van der Waals surface area contributed by atoms with Crippen LogP contribution in [0.1, 0.15) is 0 Å². The van der Waals surface area contributed by atoms with Crippen molar-refractivity contribution in [1.29, 1.82) is 0 Å². The van der Waals surface area contributed by atoms with E-state index in [-0.39, 0.29) is 33.9 Å². The molecule has 1 amide bonds. The summed E-state index contributed by atoms with van der Waals surface area (Å²) in [6.07, 6.45) is -1.46. The molecule has 0 radical (unpaired) electrons. The van der Waals surface area contributed by atoms with Gasteiger partial charge in [-0.05, 0) is 11.6 Å². The molecule has 2 rings (SSSR count). The minimum absolute atomic E-state index is 0.00139. The fourth-order valence-electron chi connectivity index (χ4n) is 1.54. The van der Waals surface area contributed by atoms with E-state index in [2.05, 4.69) is 9.97 Å². The van der Waals surface area contributed by atoms with Gasteiger partial charge in [-0.25, -0.2) is 14.8 Å². The lowest BCUT2D eigenvalue weighted by Crippen LogP contribution is -2.44. The van der Waals surface area contributed by atoms with Gasteiger partial charge in [-0.1, -0.05) is 23.2 Å². The highest BCUT2D eigenvalue weighted by molar-refractivity contribution is 6.37. The molecule has 110 valence electrons. The summed E-state index contributed by atoms with van der Waals surface area (Å²) in [5, 5.41) is -0.153. The second-order valence-electron chi connectivity index (χ2n) is 3.99. The Morgan fingerprint density at radius 1 is 1.35 bits per heavy atom. The van der Waals surface area contributed by atoms with Crippen LogP contribution in [-0.4, -0.2) is 42.0 Å². The van der Waals surface area contributed by atoms with Crippen molar-refractivity contribution in [3.63, 3.8) is 0 Å². The fraction of sp³-hybridized carbons (Fsp3) is 0.500. The Kier molecular flexibility index (Phi) is 5.09. The van der Waals surface area contributed by atoms with Gasteiger partial charge in [-0.2, -0.15) is 0 Å². The van der Waals surface area contributed by atoms with Gasteiger partial charge in [-0.3, -0.25) is 0 Å². The normalized spacial score (nSPS) is 16.4. The first kappa shape index (κ1) is 15.4. The Balaban J connectivity index is 2.03. The molecule has 0 aliphatic carbocycles. The van der Waals surface area contributed by atoms with Crippen molar-refractivity contribution in [3.8, 4) is 5.75 Å². The number of halogens is 3. The number of aromatic nitrogens is 2. The summed E-state index contributed by atoms with van der Waals surface area (Å²) >= 11 is 17.3. The van der Waals surface area contributed by atoms with E-state index in [9.17, 15) is 4.79 Å². The van der Waals surface area contributed by atoms with Crippen molar-refractivity contribution in [2.75, 3.05) is 19.8 Å². The van der Waals surface area contributed by atoms with Crippen LogP contribution < -0.4 is 10.5 Å². The molecular weight excluding hydrogens is 332 g/mol. The van der Waals surface area contributed by atoms with Crippen LogP contribution in [0.4, 0.5) is 4.79 Å². The second kappa shape index (κ2) is 6.62. The number of ether oxygens (including phenoxy) is 3. The van der Waals surface area contributed by atoms with Crippen LogP contribution in [0.2, 0.25) is 15.6 Å². The van der Waals surface area contributed by atoms with Gasteiger partial charge in [0.15, 0.2) is 16.1 Å². The third-order valence-corrected chi connectivity index (χ3v) is 3.29. The van der Waals surface area contributed by atoms with Crippen molar-refractivity contribution in [3.05, 3.63) is 15.6 Å². The molecule has 0 bridgehead atoms. The predicted octanol–water partition coefficient (Wildman–Crippen LogP) is 1.93. The van der Waals surface area contributed by atoms with Crippen molar-refractivity contribution >= 4 is 40.9 Å². The van der Waals surface area contributed by atoms with E-state index in [1.165, 1.54) is 0 Å². The number of hydrogen-bond donors (Lipinski definition) is 1. The van der Waals surface area contributed by atoms with Crippen molar-refractivity contribution < 1.29 is 19.0 Å². The molecule has 1 aliphatic rings. The standard InChI is InChI=1S/C10H10Cl3N3O4/c11-7-6(8(12)16-9(13)15-7)19-3-5(20-10(14)17)4-1-18-2-4/h4-5H,1-3H2,(H2,14,17). The summed E-state index contributed by atoms with van der Waals surface area (Å²) in [7, 11) is 0. The number of primary amides is 1. The molecule has 20 heavy (non-hydrogen) atoms. The van der Waals surface area contributed by atoms with Crippen molar-refractivity contribution in [2.24, 2.45) is 11.7 Å². The largest absolute Gasteiger partial charge is 0.483 e. The molecule has 1 atom stereocenters.